The molecule has 2 heteroatoms. The van der Waals surface area contributed by atoms with Gasteiger partial charge in [0, 0.05) is 17.3 Å². The highest BCUT2D eigenvalue weighted by Crippen LogP contribution is 2.18. The molecule has 0 fully saturated rings. The minimum absolute atomic E-state index is 0.143. The minimum atomic E-state index is 0.143. The summed E-state index contributed by atoms with van der Waals surface area (Å²) in [5.74, 6) is 0.143. The predicted octanol–water partition coefficient (Wildman–Crippen LogP) is 4.14. The van der Waals surface area contributed by atoms with Gasteiger partial charge >= 0.3 is 0 Å². The molecule has 1 heterocycles. The van der Waals surface area contributed by atoms with E-state index in [1.165, 1.54) is 16.5 Å². The number of Topliss-reactive ketones (excluding diaryl/α,β-unsaturated/α-hetero) is 1. The van der Waals surface area contributed by atoms with Crippen molar-refractivity contribution in [2.45, 2.75) is 20.4 Å². The summed E-state index contributed by atoms with van der Waals surface area (Å²) in [5.41, 5.74) is 4.26. The van der Waals surface area contributed by atoms with E-state index in [9.17, 15) is 4.79 Å². The lowest BCUT2D eigenvalue weighted by Gasteiger charge is -2.06. The first kappa shape index (κ1) is 12.7. The summed E-state index contributed by atoms with van der Waals surface area (Å²) in [7, 11) is 0. The number of carbonyl (C=O) groups is 1. The molecule has 0 aliphatic rings. The van der Waals surface area contributed by atoms with Crippen LogP contribution in [0.25, 0.3) is 10.9 Å². The van der Waals surface area contributed by atoms with Gasteiger partial charge in [0.2, 0.25) is 0 Å². The van der Waals surface area contributed by atoms with Crippen molar-refractivity contribution >= 4 is 16.7 Å². The topological polar surface area (TPSA) is 22.0 Å². The predicted molar refractivity (Wildman–Crippen MR) is 82.2 cm³/mol. The Balaban J connectivity index is 1.91. The fourth-order valence-corrected chi connectivity index (χ4v) is 2.42. The minimum Gasteiger partial charge on any atom is -0.340 e. The first-order valence-electron chi connectivity index (χ1n) is 6.79. The molecular weight excluding hydrogens is 246 g/mol. The van der Waals surface area contributed by atoms with Gasteiger partial charge in [-0.2, -0.15) is 0 Å². The largest absolute Gasteiger partial charge is 0.340 e. The van der Waals surface area contributed by atoms with Crippen LogP contribution < -0.4 is 0 Å². The van der Waals surface area contributed by atoms with Gasteiger partial charge in [-0.1, -0.05) is 42.0 Å². The number of benzene rings is 2. The third-order valence-corrected chi connectivity index (χ3v) is 3.62. The molecule has 0 radical (unpaired) electrons. The van der Waals surface area contributed by atoms with E-state index in [0.717, 1.165) is 11.1 Å². The van der Waals surface area contributed by atoms with Crippen LogP contribution >= 0.6 is 0 Å². The number of aromatic nitrogens is 1. The second-order valence-corrected chi connectivity index (χ2v) is 5.30. The third kappa shape index (κ3) is 2.37. The van der Waals surface area contributed by atoms with Crippen molar-refractivity contribution < 1.29 is 4.79 Å². The SMILES string of the molecule is Cc1ccc(C(=O)Cn2ccc3ccc(C)cc32)cc1. The maximum absolute atomic E-state index is 12.3. The van der Waals surface area contributed by atoms with Gasteiger partial charge < -0.3 is 4.57 Å². The van der Waals surface area contributed by atoms with Gasteiger partial charge in [-0.3, -0.25) is 4.79 Å². The molecule has 0 aliphatic carbocycles. The number of hydrogen-bond acceptors (Lipinski definition) is 1. The molecular formula is C18H17NO. The highest BCUT2D eigenvalue weighted by molar-refractivity contribution is 5.97. The Hall–Kier alpha value is -2.35. The summed E-state index contributed by atoms with van der Waals surface area (Å²) in [6, 6.07) is 16.1. The van der Waals surface area contributed by atoms with Gasteiger partial charge in [0.1, 0.15) is 0 Å². The maximum atomic E-state index is 12.3. The quantitative estimate of drug-likeness (QED) is 0.651. The van der Waals surface area contributed by atoms with Crippen LogP contribution in [0.4, 0.5) is 0 Å². The van der Waals surface area contributed by atoms with Crippen LogP contribution in [0.3, 0.4) is 0 Å². The summed E-state index contributed by atoms with van der Waals surface area (Å²) < 4.78 is 2.02. The number of fused-ring (bicyclic) bond motifs is 1. The Morgan fingerprint density at radius 3 is 2.40 bits per heavy atom. The first-order valence-corrected chi connectivity index (χ1v) is 6.79. The summed E-state index contributed by atoms with van der Waals surface area (Å²) in [5, 5.41) is 1.17. The molecule has 2 aromatic carbocycles. The van der Waals surface area contributed by atoms with Gasteiger partial charge in [-0.05, 0) is 36.9 Å². The van der Waals surface area contributed by atoms with E-state index in [1.54, 1.807) is 0 Å². The van der Waals surface area contributed by atoms with E-state index in [2.05, 4.69) is 31.2 Å². The molecule has 100 valence electrons. The Labute approximate surface area is 118 Å². The zero-order chi connectivity index (χ0) is 14.1. The Morgan fingerprint density at radius 1 is 0.950 bits per heavy atom. The lowest BCUT2D eigenvalue weighted by atomic mass is 10.1. The standard InChI is InChI=1S/C18H17NO/c1-13-3-7-16(8-4-13)18(20)12-19-10-9-15-6-5-14(2)11-17(15)19/h3-11H,12H2,1-2H3. The van der Waals surface area contributed by atoms with Crippen molar-refractivity contribution in [3.63, 3.8) is 0 Å². The van der Waals surface area contributed by atoms with E-state index < -0.39 is 0 Å². The molecule has 0 unspecified atom stereocenters. The Morgan fingerprint density at radius 2 is 1.65 bits per heavy atom. The Bertz CT molecular complexity index is 766. The molecule has 3 aromatic rings. The molecule has 0 aliphatic heterocycles. The second-order valence-electron chi connectivity index (χ2n) is 5.30. The van der Waals surface area contributed by atoms with Crippen LogP contribution in [0.2, 0.25) is 0 Å². The van der Waals surface area contributed by atoms with Crippen LogP contribution in [0.5, 0.6) is 0 Å². The van der Waals surface area contributed by atoms with E-state index in [4.69, 9.17) is 0 Å². The fraction of sp³-hybridized carbons (Fsp3) is 0.167. The normalized spacial score (nSPS) is 10.9. The average molecular weight is 263 g/mol. The number of rotatable bonds is 3. The number of hydrogen-bond donors (Lipinski definition) is 0. The van der Waals surface area contributed by atoms with E-state index >= 15 is 0 Å². The van der Waals surface area contributed by atoms with Crippen LogP contribution in [0.15, 0.2) is 54.7 Å². The van der Waals surface area contributed by atoms with Gasteiger partial charge in [0.25, 0.3) is 0 Å². The molecule has 0 N–H and O–H groups in total. The number of carbonyl (C=O) groups excluding carboxylic acids is 1. The van der Waals surface area contributed by atoms with Crippen molar-refractivity contribution in [3.05, 3.63) is 71.4 Å². The molecule has 1 aromatic heterocycles. The molecule has 3 rings (SSSR count). The van der Waals surface area contributed by atoms with Crippen LogP contribution in [-0.4, -0.2) is 10.4 Å². The van der Waals surface area contributed by atoms with Crippen molar-refractivity contribution in [2.24, 2.45) is 0 Å². The van der Waals surface area contributed by atoms with E-state index in [-0.39, 0.29) is 5.78 Å². The lowest BCUT2D eigenvalue weighted by Crippen LogP contribution is -2.09. The van der Waals surface area contributed by atoms with E-state index in [1.807, 2.05) is 42.0 Å². The third-order valence-electron chi connectivity index (χ3n) is 3.62. The highest BCUT2D eigenvalue weighted by atomic mass is 16.1. The molecule has 2 nitrogen and oxygen atoms in total. The van der Waals surface area contributed by atoms with Crippen LogP contribution in [0, 0.1) is 13.8 Å². The molecule has 0 saturated carbocycles. The summed E-state index contributed by atoms with van der Waals surface area (Å²) in [6.45, 7) is 4.48. The van der Waals surface area contributed by atoms with Crippen molar-refractivity contribution in [3.8, 4) is 0 Å². The summed E-state index contributed by atoms with van der Waals surface area (Å²) >= 11 is 0. The smallest absolute Gasteiger partial charge is 0.182 e. The van der Waals surface area contributed by atoms with Crippen molar-refractivity contribution in [1.82, 2.24) is 4.57 Å². The fourth-order valence-electron chi connectivity index (χ4n) is 2.42. The van der Waals surface area contributed by atoms with Crippen molar-refractivity contribution in [1.29, 1.82) is 0 Å². The van der Waals surface area contributed by atoms with Crippen molar-refractivity contribution in [2.75, 3.05) is 0 Å². The second kappa shape index (κ2) is 4.97. The van der Waals surface area contributed by atoms with E-state index in [0.29, 0.717) is 6.54 Å². The summed E-state index contributed by atoms with van der Waals surface area (Å²) in [4.78, 5) is 12.3. The molecule has 0 bridgehead atoms. The zero-order valence-corrected chi connectivity index (χ0v) is 11.8. The number of aryl methyl sites for hydroxylation is 2. The molecule has 0 spiro atoms. The monoisotopic (exact) mass is 263 g/mol. The van der Waals surface area contributed by atoms with Crippen LogP contribution in [0.1, 0.15) is 21.5 Å². The Kier molecular flexibility index (Phi) is 3.15. The molecule has 0 amide bonds. The average Bonchev–Trinajstić information content (AvgIpc) is 2.82. The number of nitrogens with zero attached hydrogens (tertiary/aromatic N) is 1. The maximum Gasteiger partial charge on any atom is 0.182 e. The first-order chi connectivity index (χ1) is 9.63. The highest BCUT2D eigenvalue weighted by Gasteiger charge is 2.08. The van der Waals surface area contributed by atoms with Gasteiger partial charge in [0.05, 0.1) is 6.54 Å². The van der Waals surface area contributed by atoms with Gasteiger partial charge in [0.15, 0.2) is 5.78 Å². The lowest BCUT2D eigenvalue weighted by molar-refractivity contribution is 0.0973. The van der Waals surface area contributed by atoms with Gasteiger partial charge in [-0.15, -0.1) is 0 Å². The molecule has 0 saturated heterocycles. The number of ketones is 1. The zero-order valence-electron chi connectivity index (χ0n) is 11.8. The molecule has 0 atom stereocenters. The van der Waals surface area contributed by atoms with Gasteiger partial charge in [-0.25, -0.2) is 0 Å². The van der Waals surface area contributed by atoms with Crippen LogP contribution in [-0.2, 0) is 6.54 Å². The summed E-state index contributed by atoms with van der Waals surface area (Å²) in [6.07, 6.45) is 1.98. The molecule has 20 heavy (non-hydrogen) atoms.